The van der Waals surface area contributed by atoms with Crippen molar-refractivity contribution in [1.82, 2.24) is 4.31 Å². The van der Waals surface area contributed by atoms with Crippen molar-refractivity contribution in [3.05, 3.63) is 28.7 Å². The Morgan fingerprint density at radius 1 is 1.44 bits per heavy atom. The molecule has 0 saturated carbocycles. The van der Waals surface area contributed by atoms with Gasteiger partial charge in [0.15, 0.2) is 0 Å². The number of nitrogens with two attached hydrogens (primary N) is 1. The summed E-state index contributed by atoms with van der Waals surface area (Å²) in [5.74, 6) is 0. The standard InChI is InChI=1S/C10H15BrN2O2S/c1-13(7-3-6-12)16(14,15)10-5-2-4-9(11)8-10/h2,4-5,8H,3,6-7,12H2,1H3. The van der Waals surface area contributed by atoms with E-state index in [1.165, 1.54) is 4.31 Å². The SMILES string of the molecule is CN(CCCN)S(=O)(=O)c1cccc(Br)c1. The lowest BCUT2D eigenvalue weighted by atomic mass is 10.4. The predicted octanol–water partition coefficient (Wildman–Crippen LogP) is 1.42. The molecule has 0 heterocycles. The van der Waals surface area contributed by atoms with Crippen LogP contribution in [-0.4, -0.2) is 32.9 Å². The highest BCUT2D eigenvalue weighted by atomic mass is 79.9. The molecular formula is C10H15BrN2O2S. The van der Waals surface area contributed by atoms with Gasteiger partial charge in [0.05, 0.1) is 4.90 Å². The minimum atomic E-state index is -3.39. The fourth-order valence-electron chi connectivity index (χ4n) is 1.24. The van der Waals surface area contributed by atoms with Gasteiger partial charge in [0.25, 0.3) is 0 Å². The van der Waals surface area contributed by atoms with Crippen molar-refractivity contribution in [3.63, 3.8) is 0 Å². The van der Waals surface area contributed by atoms with Crippen LogP contribution in [0.15, 0.2) is 33.6 Å². The predicted molar refractivity (Wildman–Crippen MR) is 67.6 cm³/mol. The molecule has 0 unspecified atom stereocenters. The third-order valence-electron chi connectivity index (χ3n) is 2.18. The molecule has 0 spiro atoms. The summed E-state index contributed by atoms with van der Waals surface area (Å²) in [5, 5.41) is 0. The van der Waals surface area contributed by atoms with Crippen molar-refractivity contribution in [2.75, 3.05) is 20.1 Å². The van der Waals surface area contributed by atoms with Crippen molar-refractivity contribution in [2.45, 2.75) is 11.3 Å². The van der Waals surface area contributed by atoms with Crippen LogP contribution in [0.2, 0.25) is 0 Å². The fourth-order valence-corrected chi connectivity index (χ4v) is 3.05. The van der Waals surface area contributed by atoms with E-state index in [0.717, 1.165) is 4.47 Å². The zero-order valence-electron chi connectivity index (χ0n) is 9.06. The van der Waals surface area contributed by atoms with Crippen LogP contribution in [0, 0.1) is 0 Å². The highest BCUT2D eigenvalue weighted by Crippen LogP contribution is 2.18. The molecule has 16 heavy (non-hydrogen) atoms. The molecule has 0 aliphatic heterocycles. The summed E-state index contributed by atoms with van der Waals surface area (Å²) in [6.45, 7) is 0.920. The Hall–Kier alpha value is -0.430. The van der Waals surface area contributed by atoms with E-state index >= 15 is 0 Å². The number of hydrogen-bond donors (Lipinski definition) is 1. The van der Waals surface area contributed by atoms with E-state index in [1.807, 2.05) is 0 Å². The minimum absolute atomic E-state index is 0.293. The van der Waals surface area contributed by atoms with Gasteiger partial charge >= 0.3 is 0 Å². The van der Waals surface area contributed by atoms with E-state index in [1.54, 1.807) is 31.3 Å². The third kappa shape index (κ3) is 3.28. The molecule has 0 aliphatic rings. The quantitative estimate of drug-likeness (QED) is 0.895. The van der Waals surface area contributed by atoms with Gasteiger partial charge in [-0.3, -0.25) is 0 Å². The van der Waals surface area contributed by atoms with E-state index < -0.39 is 10.0 Å². The molecule has 1 rings (SSSR count). The summed E-state index contributed by atoms with van der Waals surface area (Å²) >= 11 is 3.25. The fraction of sp³-hybridized carbons (Fsp3) is 0.400. The molecule has 0 fully saturated rings. The van der Waals surface area contributed by atoms with E-state index in [2.05, 4.69) is 15.9 Å². The Bertz CT molecular complexity index is 448. The Kier molecular flexibility index (Phi) is 4.91. The lowest BCUT2D eigenvalue weighted by Gasteiger charge is -2.16. The maximum absolute atomic E-state index is 12.1. The van der Waals surface area contributed by atoms with Crippen LogP contribution < -0.4 is 5.73 Å². The molecule has 90 valence electrons. The Balaban J connectivity index is 2.93. The largest absolute Gasteiger partial charge is 0.330 e. The molecular weight excluding hydrogens is 292 g/mol. The highest BCUT2D eigenvalue weighted by molar-refractivity contribution is 9.10. The molecule has 2 N–H and O–H groups in total. The molecule has 0 aliphatic carbocycles. The summed E-state index contributed by atoms with van der Waals surface area (Å²) < 4.78 is 26.2. The average molecular weight is 307 g/mol. The van der Waals surface area contributed by atoms with Gasteiger partial charge in [-0.25, -0.2) is 12.7 Å². The van der Waals surface area contributed by atoms with Gasteiger partial charge in [0.1, 0.15) is 0 Å². The molecule has 4 nitrogen and oxygen atoms in total. The number of nitrogens with zero attached hydrogens (tertiary/aromatic N) is 1. The first kappa shape index (κ1) is 13.6. The van der Waals surface area contributed by atoms with Crippen molar-refractivity contribution < 1.29 is 8.42 Å². The minimum Gasteiger partial charge on any atom is -0.330 e. The van der Waals surface area contributed by atoms with E-state index in [-0.39, 0.29) is 0 Å². The average Bonchev–Trinajstić information content (AvgIpc) is 2.25. The molecule has 1 aromatic rings. The topological polar surface area (TPSA) is 63.4 Å². The van der Waals surface area contributed by atoms with Crippen molar-refractivity contribution in [1.29, 1.82) is 0 Å². The highest BCUT2D eigenvalue weighted by Gasteiger charge is 2.19. The van der Waals surface area contributed by atoms with Crippen LogP contribution >= 0.6 is 15.9 Å². The van der Waals surface area contributed by atoms with E-state index in [4.69, 9.17) is 5.73 Å². The molecule has 0 bridgehead atoms. The van der Waals surface area contributed by atoms with Crippen molar-refractivity contribution in [3.8, 4) is 0 Å². The van der Waals surface area contributed by atoms with Crippen LogP contribution in [0.5, 0.6) is 0 Å². The first-order valence-corrected chi connectivity index (χ1v) is 7.14. The van der Waals surface area contributed by atoms with Crippen molar-refractivity contribution >= 4 is 26.0 Å². The number of hydrogen-bond acceptors (Lipinski definition) is 3. The second kappa shape index (κ2) is 5.77. The molecule has 6 heteroatoms. The lowest BCUT2D eigenvalue weighted by molar-refractivity contribution is 0.463. The number of rotatable bonds is 5. The summed E-state index contributed by atoms with van der Waals surface area (Å²) in [7, 11) is -1.82. The summed E-state index contributed by atoms with van der Waals surface area (Å²) in [6, 6.07) is 6.67. The Morgan fingerprint density at radius 3 is 2.69 bits per heavy atom. The maximum Gasteiger partial charge on any atom is 0.242 e. The van der Waals surface area contributed by atoms with Gasteiger partial charge in [0, 0.05) is 18.1 Å². The van der Waals surface area contributed by atoms with Crippen LogP contribution in [0.1, 0.15) is 6.42 Å². The maximum atomic E-state index is 12.1. The zero-order chi connectivity index (χ0) is 12.2. The van der Waals surface area contributed by atoms with Crippen LogP contribution in [-0.2, 0) is 10.0 Å². The molecule has 0 aromatic heterocycles. The summed E-state index contributed by atoms with van der Waals surface area (Å²) in [5.41, 5.74) is 5.35. The van der Waals surface area contributed by atoms with Gasteiger partial charge in [-0.05, 0) is 31.2 Å². The smallest absolute Gasteiger partial charge is 0.242 e. The Morgan fingerprint density at radius 2 is 2.12 bits per heavy atom. The van der Waals surface area contributed by atoms with Gasteiger partial charge in [-0.1, -0.05) is 22.0 Å². The molecule has 0 radical (unpaired) electrons. The first-order valence-electron chi connectivity index (χ1n) is 4.90. The van der Waals surface area contributed by atoms with Crippen LogP contribution in [0.3, 0.4) is 0 Å². The molecule has 0 amide bonds. The van der Waals surface area contributed by atoms with E-state index in [0.29, 0.717) is 24.4 Å². The van der Waals surface area contributed by atoms with Gasteiger partial charge < -0.3 is 5.73 Å². The Labute approximate surface area is 105 Å². The zero-order valence-corrected chi connectivity index (χ0v) is 11.5. The molecule has 0 atom stereocenters. The van der Waals surface area contributed by atoms with Gasteiger partial charge in [-0.2, -0.15) is 0 Å². The number of halogens is 1. The van der Waals surface area contributed by atoms with E-state index in [9.17, 15) is 8.42 Å². The normalized spacial score (nSPS) is 12.0. The monoisotopic (exact) mass is 306 g/mol. The van der Waals surface area contributed by atoms with Crippen LogP contribution in [0.25, 0.3) is 0 Å². The second-order valence-corrected chi connectivity index (χ2v) is 6.39. The molecule has 1 aromatic carbocycles. The second-order valence-electron chi connectivity index (χ2n) is 3.43. The number of sulfonamides is 1. The number of benzene rings is 1. The summed E-state index contributed by atoms with van der Waals surface area (Å²) in [4.78, 5) is 0.293. The lowest BCUT2D eigenvalue weighted by Crippen LogP contribution is -2.29. The van der Waals surface area contributed by atoms with Crippen molar-refractivity contribution in [2.24, 2.45) is 5.73 Å². The first-order chi connectivity index (χ1) is 7.48. The van der Waals surface area contributed by atoms with Crippen LogP contribution in [0.4, 0.5) is 0 Å². The summed E-state index contributed by atoms with van der Waals surface area (Å²) in [6.07, 6.45) is 0.656. The van der Waals surface area contributed by atoms with Gasteiger partial charge in [-0.15, -0.1) is 0 Å². The van der Waals surface area contributed by atoms with Gasteiger partial charge in [0.2, 0.25) is 10.0 Å². The third-order valence-corrected chi connectivity index (χ3v) is 4.53. The molecule has 0 saturated heterocycles.